The molecule has 1 aromatic carbocycles. The first-order chi connectivity index (χ1) is 7.25. The number of rotatable bonds is 3. The van der Waals surface area contributed by atoms with Crippen molar-refractivity contribution in [2.45, 2.75) is 10.6 Å². The zero-order valence-electron chi connectivity index (χ0n) is 7.61. The van der Waals surface area contributed by atoms with Crippen LogP contribution in [0.4, 0.5) is 0 Å². The van der Waals surface area contributed by atoms with Crippen molar-refractivity contribution < 1.29 is 0 Å². The molecule has 2 rings (SSSR count). The van der Waals surface area contributed by atoms with Crippen molar-refractivity contribution in [2.75, 3.05) is 0 Å². The highest BCUT2D eigenvalue weighted by Crippen LogP contribution is 2.30. The predicted molar refractivity (Wildman–Crippen MR) is 68.1 cm³/mol. The molecule has 0 bridgehead atoms. The van der Waals surface area contributed by atoms with Crippen LogP contribution in [0, 0.1) is 0 Å². The summed E-state index contributed by atoms with van der Waals surface area (Å²) in [6, 6.07) is 7.78. The van der Waals surface area contributed by atoms with Gasteiger partial charge in [-0.25, -0.2) is 4.98 Å². The van der Waals surface area contributed by atoms with Crippen LogP contribution < -0.4 is 0 Å². The number of hydrogen-bond acceptors (Lipinski definition) is 3. The van der Waals surface area contributed by atoms with E-state index in [9.17, 15) is 0 Å². The van der Waals surface area contributed by atoms with Crippen LogP contribution in [0.25, 0.3) is 0 Å². The Morgan fingerprint density at radius 3 is 2.73 bits per heavy atom. The Kier molecular flexibility index (Phi) is 3.92. The highest BCUT2D eigenvalue weighted by molar-refractivity contribution is 7.98. The summed E-state index contributed by atoms with van der Waals surface area (Å²) in [5, 5.41) is 2.75. The van der Waals surface area contributed by atoms with Crippen molar-refractivity contribution in [1.29, 1.82) is 0 Å². The summed E-state index contributed by atoms with van der Waals surface area (Å²) >= 11 is 14.9. The Hall–Kier alpha value is -0.220. The van der Waals surface area contributed by atoms with Crippen LogP contribution in [0.3, 0.4) is 0 Å². The Labute approximate surface area is 106 Å². The van der Waals surface area contributed by atoms with Crippen molar-refractivity contribution in [2.24, 2.45) is 0 Å². The molecule has 0 aliphatic heterocycles. The molecule has 0 aliphatic rings. The van der Waals surface area contributed by atoms with E-state index in [2.05, 4.69) is 4.98 Å². The van der Waals surface area contributed by atoms with Gasteiger partial charge in [0.05, 0.1) is 10.7 Å². The zero-order valence-corrected chi connectivity index (χ0v) is 10.8. The maximum atomic E-state index is 6.03. The highest BCUT2D eigenvalue weighted by Gasteiger charge is 2.03. The summed E-state index contributed by atoms with van der Waals surface area (Å²) in [4.78, 5) is 5.25. The number of hydrogen-bond donors (Lipinski definition) is 0. The molecule has 78 valence electrons. The van der Waals surface area contributed by atoms with Gasteiger partial charge in [-0.05, 0) is 12.1 Å². The summed E-state index contributed by atoms with van der Waals surface area (Å²) in [7, 11) is 0. The fourth-order valence-electron chi connectivity index (χ4n) is 1.06. The van der Waals surface area contributed by atoms with Gasteiger partial charge in [0.1, 0.15) is 0 Å². The molecular formula is C10H7Cl2NS2. The van der Waals surface area contributed by atoms with Gasteiger partial charge in [-0.1, -0.05) is 35.3 Å². The van der Waals surface area contributed by atoms with Crippen molar-refractivity contribution in [3.05, 3.63) is 44.8 Å². The molecule has 0 N–H and O–H groups in total. The van der Waals surface area contributed by atoms with E-state index in [1.807, 2.05) is 29.6 Å². The van der Waals surface area contributed by atoms with E-state index < -0.39 is 0 Å². The quantitative estimate of drug-likeness (QED) is 0.751. The molecule has 0 aliphatic carbocycles. The van der Waals surface area contributed by atoms with Crippen molar-refractivity contribution in [3.8, 4) is 0 Å². The second-order valence-corrected chi connectivity index (χ2v) is 5.68. The molecule has 0 fully saturated rings. The Morgan fingerprint density at radius 1 is 1.27 bits per heavy atom. The lowest BCUT2D eigenvalue weighted by molar-refractivity contribution is 1.23. The molecule has 0 amide bonds. The summed E-state index contributed by atoms with van der Waals surface area (Å²) in [6.45, 7) is 0. The standard InChI is InChI=1S/C10H7Cl2NS2/c11-8-3-1-2-4-9(8)14-5-7-6-15-10(12)13-7/h1-4,6H,5H2. The third-order valence-electron chi connectivity index (χ3n) is 1.74. The van der Waals surface area contributed by atoms with Crippen LogP contribution in [0.2, 0.25) is 9.49 Å². The topological polar surface area (TPSA) is 12.9 Å². The number of halogens is 2. The van der Waals surface area contributed by atoms with E-state index in [1.165, 1.54) is 11.3 Å². The van der Waals surface area contributed by atoms with Gasteiger partial charge >= 0.3 is 0 Å². The summed E-state index contributed by atoms with van der Waals surface area (Å²) in [6.07, 6.45) is 0. The van der Waals surface area contributed by atoms with E-state index in [0.29, 0.717) is 4.47 Å². The molecule has 0 saturated carbocycles. The lowest BCUT2D eigenvalue weighted by Crippen LogP contribution is -1.80. The fourth-order valence-corrected chi connectivity index (χ4v) is 3.08. The van der Waals surface area contributed by atoms with Crippen LogP contribution in [0.5, 0.6) is 0 Å². The highest BCUT2D eigenvalue weighted by atomic mass is 35.5. The number of aromatic nitrogens is 1. The number of thioether (sulfide) groups is 1. The van der Waals surface area contributed by atoms with Crippen LogP contribution in [-0.2, 0) is 5.75 Å². The monoisotopic (exact) mass is 275 g/mol. The fraction of sp³-hybridized carbons (Fsp3) is 0.100. The third-order valence-corrected chi connectivity index (χ3v) is 4.31. The van der Waals surface area contributed by atoms with Gasteiger partial charge in [0, 0.05) is 16.0 Å². The minimum Gasteiger partial charge on any atom is -0.229 e. The Morgan fingerprint density at radius 2 is 2.07 bits per heavy atom. The molecule has 1 aromatic heterocycles. The maximum Gasteiger partial charge on any atom is 0.183 e. The van der Waals surface area contributed by atoms with Gasteiger partial charge in [0.15, 0.2) is 4.47 Å². The largest absolute Gasteiger partial charge is 0.229 e. The number of thiazole rings is 1. The minimum atomic E-state index is 0.588. The lowest BCUT2D eigenvalue weighted by atomic mass is 10.4. The van der Waals surface area contributed by atoms with E-state index in [-0.39, 0.29) is 0 Å². The second-order valence-electron chi connectivity index (χ2n) is 2.81. The number of nitrogens with zero attached hydrogens (tertiary/aromatic N) is 1. The summed E-state index contributed by atoms with van der Waals surface area (Å²) < 4.78 is 0.588. The molecular weight excluding hydrogens is 269 g/mol. The van der Waals surface area contributed by atoms with Gasteiger partial charge in [-0.3, -0.25) is 0 Å². The van der Waals surface area contributed by atoms with E-state index in [1.54, 1.807) is 11.8 Å². The lowest BCUT2D eigenvalue weighted by Gasteiger charge is -2.01. The van der Waals surface area contributed by atoms with Crippen molar-refractivity contribution in [1.82, 2.24) is 4.98 Å². The first kappa shape index (κ1) is 11.3. The van der Waals surface area contributed by atoms with Crippen LogP contribution in [0.15, 0.2) is 34.5 Å². The number of benzene rings is 1. The normalized spacial score (nSPS) is 10.5. The van der Waals surface area contributed by atoms with Crippen molar-refractivity contribution >= 4 is 46.3 Å². The van der Waals surface area contributed by atoms with Crippen molar-refractivity contribution in [3.63, 3.8) is 0 Å². The molecule has 1 heterocycles. The van der Waals surface area contributed by atoms with Crippen LogP contribution in [0.1, 0.15) is 5.69 Å². The van der Waals surface area contributed by atoms with E-state index >= 15 is 0 Å². The summed E-state index contributed by atoms with van der Waals surface area (Å²) in [5.41, 5.74) is 0.995. The zero-order chi connectivity index (χ0) is 10.7. The first-order valence-corrected chi connectivity index (χ1v) is 6.85. The van der Waals surface area contributed by atoms with Crippen LogP contribution >= 0.6 is 46.3 Å². The average Bonchev–Trinajstić information content (AvgIpc) is 2.63. The maximum absolute atomic E-state index is 6.03. The van der Waals surface area contributed by atoms with Crippen LogP contribution in [-0.4, -0.2) is 4.98 Å². The molecule has 0 unspecified atom stereocenters. The Balaban J connectivity index is 2.02. The van der Waals surface area contributed by atoms with Gasteiger partial charge in [-0.2, -0.15) is 0 Å². The van der Waals surface area contributed by atoms with E-state index in [4.69, 9.17) is 23.2 Å². The minimum absolute atomic E-state index is 0.588. The molecule has 5 heteroatoms. The van der Waals surface area contributed by atoms with Gasteiger partial charge in [0.25, 0.3) is 0 Å². The van der Waals surface area contributed by atoms with E-state index in [0.717, 1.165) is 21.4 Å². The summed E-state index contributed by atoms with van der Waals surface area (Å²) in [5.74, 6) is 0.799. The Bertz CT molecular complexity index is 456. The average molecular weight is 276 g/mol. The predicted octanol–water partition coefficient (Wildman–Crippen LogP) is 4.74. The second kappa shape index (κ2) is 5.21. The SMILES string of the molecule is Clc1nc(CSc2ccccc2Cl)cs1. The molecule has 0 saturated heterocycles. The molecule has 2 aromatic rings. The van der Waals surface area contributed by atoms with Gasteiger partial charge in [0.2, 0.25) is 0 Å². The molecule has 1 nitrogen and oxygen atoms in total. The molecule has 0 radical (unpaired) electrons. The molecule has 15 heavy (non-hydrogen) atoms. The molecule has 0 spiro atoms. The smallest absolute Gasteiger partial charge is 0.183 e. The first-order valence-electron chi connectivity index (χ1n) is 4.23. The molecule has 0 atom stereocenters. The van der Waals surface area contributed by atoms with Gasteiger partial charge < -0.3 is 0 Å². The third kappa shape index (κ3) is 3.11. The van der Waals surface area contributed by atoms with Gasteiger partial charge in [-0.15, -0.1) is 23.1 Å².